The largest absolute Gasteiger partial charge is 0.416 e. The highest BCUT2D eigenvalue weighted by molar-refractivity contribution is 6.00. The van der Waals surface area contributed by atoms with Crippen molar-refractivity contribution in [2.45, 2.75) is 12.2 Å². The third-order valence-electron chi connectivity index (χ3n) is 4.88. The lowest BCUT2D eigenvalue weighted by Gasteiger charge is -2.17. The lowest BCUT2D eigenvalue weighted by atomic mass is 10.0. The Morgan fingerprint density at radius 1 is 1.00 bits per heavy atom. The van der Waals surface area contributed by atoms with Gasteiger partial charge >= 0.3 is 6.18 Å². The number of aromatic nitrogens is 2. The zero-order chi connectivity index (χ0) is 19.7. The van der Waals surface area contributed by atoms with Gasteiger partial charge in [0, 0.05) is 29.4 Å². The highest BCUT2D eigenvalue weighted by Gasteiger charge is 2.30. The molecule has 0 amide bonds. The fraction of sp³-hybridized carbons (Fsp3) is 0.250. The number of rotatable bonds is 3. The van der Waals surface area contributed by atoms with Gasteiger partial charge in [0.25, 0.3) is 0 Å². The quantitative estimate of drug-likeness (QED) is 0.663. The molecule has 0 bridgehead atoms. The summed E-state index contributed by atoms with van der Waals surface area (Å²) < 4.78 is 38.5. The van der Waals surface area contributed by atoms with Gasteiger partial charge in [0.05, 0.1) is 23.6 Å². The number of nitrogens with zero attached hydrogens (tertiary/aromatic N) is 3. The van der Waals surface area contributed by atoms with E-state index in [2.05, 4.69) is 26.9 Å². The minimum absolute atomic E-state index is 0. The van der Waals surface area contributed by atoms with Gasteiger partial charge in [-0.3, -0.25) is 0 Å². The molecule has 1 aliphatic heterocycles. The molecule has 0 unspecified atom stereocenters. The van der Waals surface area contributed by atoms with Gasteiger partial charge in [-0.15, -0.1) is 22.6 Å². The molecule has 2 atom stereocenters. The number of fused-ring (bicyclic) bond motifs is 1. The first-order chi connectivity index (χ1) is 13.5. The van der Waals surface area contributed by atoms with E-state index < -0.39 is 11.7 Å². The molecule has 0 spiro atoms. The Kier molecular flexibility index (Phi) is 5.91. The second-order valence-electron chi connectivity index (χ2n) is 6.66. The summed E-state index contributed by atoms with van der Waals surface area (Å²) in [4.78, 5) is 0. The van der Waals surface area contributed by atoms with Crippen molar-refractivity contribution in [1.29, 1.82) is 5.26 Å². The minimum Gasteiger partial charge on any atom is -0.363 e. The molecule has 0 saturated carbocycles. The van der Waals surface area contributed by atoms with Crippen LogP contribution >= 0.6 is 12.4 Å². The van der Waals surface area contributed by atoms with Crippen LogP contribution in [0.25, 0.3) is 22.0 Å². The van der Waals surface area contributed by atoms with Crippen molar-refractivity contribution in [1.82, 2.24) is 15.5 Å². The van der Waals surface area contributed by atoms with Crippen molar-refractivity contribution in [3.8, 4) is 17.3 Å². The maximum atomic E-state index is 12.8. The monoisotopic (exact) mass is 419 g/mol. The van der Waals surface area contributed by atoms with Gasteiger partial charge in [0.2, 0.25) is 0 Å². The average Bonchev–Trinajstić information content (AvgIpc) is 3.15. The van der Waals surface area contributed by atoms with E-state index in [4.69, 9.17) is 0 Å². The molecule has 1 aromatic heterocycles. The van der Waals surface area contributed by atoms with E-state index in [-0.39, 0.29) is 24.4 Å². The van der Waals surface area contributed by atoms with Gasteiger partial charge in [-0.25, -0.2) is 0 Å². The molecule has 1 fully saturated rings. The van der Waals surface area contributed by atoms with Gasteiger partial charge in [-0.05, 0) is 12.1 Å². The van der Waals surface area contributed by atoms with Gasteiger partial charge in [-0.1, -0.05) is 36.4 Å². The van der Waals surface area contributed by atoms with E-state index in [0.717, 1.165) is 22.9 Å². The molecule has 0 aliphatic carbocycles. The second-order valence-corrected chi connectivity index (χ2v) is 6.66. The molecule has 150 valence electrons. The molecule has 9 heteroatoms. The Morgan fingerprint density at radius 3 is 2.34 bits per heavy atom. The van der Waals surface area contributed by atoms with Crippen molar-refractivity contribution in [2.75, 3.05) is 18.4 Å². The number of hydrogen-bond donors (Lipinski definition) is 2. The molecule has 2 N–H and O–H groups in total. The maximum absolute atomic E-state index is 12.8. The smallest absolute Gasteiger partial charge is 0.363 e. The molecule has 2 aromatic carbocycles. The zero-order valence-corrected chi connectivity index (χ0v) is 15.9. The number of hydrogen-bond acceptors (Lipinski definition) is 5. The van der Waals surface area contributed by atoms with E-state index in [1.807, 2.05) is 24.3 Å². The third-order valence-corrected chi connectivity index (χ3v) is 4.88. The highest BCUT2D eigenvalue weighted by Crippen LogP contribution is 2.33. The number of halogens is 4. The fourth-order valence-electron chi connectivity index (χ4n) is 3.38. The Balaban J connectivity index is 0.00000240. The zero-order valence-electron chi connectivity index (χ0n) is 15.1. The summed E-state index contributed by atoms with van der Waals surface area (Å²) in [5.74, 6) is 0.385. The van der Waals surface area contributed by atoms with Crippen LogP contribution in [0.3, 0.4) is 0 Å². The molecular weight excluding hydrogens is 403 g/mol. The number of alkyl halides is 3. The molecule has 29 heavy (non-hydrogen) atoms. The number of nitriles is 1. The average molecular weight is 420 g/mol. The van der Waals surface area contributed by atoms with Crippen LogP contribution in [0.15, 0.2) is 48.5 Å². The van der Waals surface area contributed by atoms with Crippen molar-refractivity contribution >= 4 is 29.0 Å². The third kappa shape index (κ3) is 4.11. The first-order valence-corrected chi connectivity index (χ1v) is 8.77. The van der Waals surface area contributed by atoms with Gasteiger partial charge < -0.3 is 10.6 Å². The lowest BCUT2D eigenvalue weighted by Crippen LogP contribution is -2.28. The first-order valence-electron chi connectivity index (χ1n) is 8.77. The maximum Gasteiger partial charge on any atom is 0.416 e. The Hall–Kier alpha value is -2.89. The first kappa shape index (κ1) is 20.8. The van der Waals surface area contributed by atoms with Gasteiger partial charge in [0.15, 0.2) is 5.82 Å². The lowest BCUT2D eigenvalue weighted by molar-refractivity contribution is -0.137. The summed E-state index contributed by atoms with van der Waals surface area (Å²) in [6, 6.07) is 14.5. The second kappa shape index (κ2) is 8.23. The summed E-state index contributed by atoms with van der Waals surface area (Å²) in [7, 11) is 0. The SMILES string of the molecule is Cl.N#C[C@@H]1CNC[C@@H]1Nc1nnc(-c2ccc(C(F)(F)F)cc2)c2ccccc12. The molecule has 2 heterocycles. The molecule has 1 saturated heterocycles. The molecule has 4 rings (SSSR count). The minimum atomic E-state index is -4.38. The summed E-state index contributed by atoms with van der Waals surface area (Å²) in [5, 5.41) is 25.8. The standard InChI is InChI=1S/C20H16F3N5.ClH/c21-20(22,23)14-7-5-12(6-8-14)18-15-3-1-2-4-16(15)19(28-27-18)26-17-11-25-10-13(17)9-24;/h1-8,13,17,25H,10-11H2,(H,26,28);1H/t13-,17+;/m1./s1. The van der Waals surface area contributed by atoms with Crippen LogP contribution in [0.5, 0.6) is 0 Å². The Morgan fingerprint density at radius 2 is 1.69 bits per heavy atom. The predicted molar refractivity (Wildman–Crippen MR) is 107 cm³/mol. The summed E-state index contributed by atoms with van der Waals surface area (Å²) in [5.41, 5.74) is 0.361. The van der Waals surface area contributed by atoms with Crippen molar-refractivity contribution < 1.29 is 13.2 Å². The van der Waals surface area contributed by atoms with E-state index in [9.17, 15) is 18.4 Å². The van der Waals surface area contributed by atoms with Crippen molar-refractivity contribution in [3.63, 3.8) is 0 Å². The summed E-state index contributed by atoms with van der Waals surface area (Å²) >= 11 is 0. The van der Waals surface area contributed by atoms with Crippen LogP contribution in [0.4, 0.5) is 19.0 Å². The number of nitrogens with one attached hydrogen (secondary N) is 2. The normalized spacial score (nSPS) is 18.8. The molecular formula is C20H17ClF3N5. The topological polar surface area (TPSA) is 73.6 Å². The van der Waals surface area contributed by atoms with Crippen molar-refractivity contribution in [3.05, 3.63) is 54.1 Å². The van der Waals surface area contributed by atoms with Crippen LogP contribution in [0.2, 0.25) is 0 Å². The van der Waals surface area contributed by atoms with Crippen LogP contribution in [-0.2, 0) is 6.18 Å². The van der Waals surface area contributed by atoms with Crippen LogP contribution in [0.1, 0.15) is 5.56 Å². The summed E-state index contributed by atoms with van der Waals surface area (Å²) in [6.45, 7) is 1.26. The van der Waals surface area contributed by atoms with E-state index in [1.165, 1.54) is 12.1 Å². The molecule has 0 radical (unpaired) electrons. The van der Waals surface area contributed by atoms with E-state index >= 15 is 0 Å². The van der Waals surface area contributed by atoms with E-state index in [1.54, 1.807) is 0 Å². The van der Waals surface area contributed by atoms with Gasteiger partial charge in [-0.2, -0.15) is 18.4 Å². The molecule has 3 aromatic rings. The Labute approximate surface area is 171 Å². The van der Waals surface area contributed by atoms with Gasteiger partial charge in [0.1, 0.15) is 5.69 Å². The van der Waals surface area contributed by atoms with Crippen LogP contribution in [-0.4, -0.2) is 29.3 Å². The predicted octanol–water partition coefficient (Wildman–Crippen LogP) is 4.26. The van der Waals surface area contributed by atoms with Crippen LogP contribution < -0.4 is 10.6 Å². The number of benzene rings is 2. The fourth-order valence-corrected chi connectivity index (χ4v) is 3.38. The summed E-state index contributed by atoms with van der Waals surface area (Å²) in [6.07, 6.45) is -4.38. The van der Waals surface area contributed by atoms with E-state index in [0.29, 0.717) is 30.2 Å². The van der Waals surface area contributed by atoms with Crippen molar-refractivity contribution in [2.24, 2.45) is 5.92 Å². The molecule has 1 aliphatic rings. The number of anilines is 1. The Bertz CT molecular complexity index is 1050. The van der Waals surface area contributed by atoms with Crippen LogP contribution in [0, 0.1) is 17.2 Å². The molecule has 5 nitrogen and oxygen atoms in total. The highest BCUT2D eigenvalue weighted by atomic mass is 35.5.